The molecule has 0 spiro atoms. The van der Waals surface area contributed by atoms with Crippen molar-refractivity contribution in [3.8, 4) is 5.88 Å². The second kappa shape index (κ2) is 6.74. The van der Waals surface area contributed by atoms with Crippen LogP contribution in [0.15, 0.2) is 35.1 Å². The highest BCUT2D eigenvalue weighted by Gasteiger charge is 2.16. The summed E-state index contributed by atoms with van der Waals surface area (Å²) in [6.45, 7) is 0. The van der Waals surface area contributed by atoms with Gasteiger partial charge >= 0.3 is 0 Å². The van der Waals surface area contributed by atoms with Gasteiger partial charge in [0.25, 0.3) is 0 Å². The molecule has 0 saturated heterocycles. The Hall–Kier alpha value is -1.57. The van der Waals surface area contributed by atoms with Crippen molar-refractivity contribution in [1.29, 1.82) is 0 Å². The predicted octanol–water partition coefficient (Wildman–Crippen LogP) is 2.13. The van der Waals surface area contributed by atoms with Gasteiger partial charge in [-0.3, -0.25) is 11.3 Å². The van der Waals surface area contributed by atoms with Crippen molar-refractivity contribution in [3.05, 3.63) is 52.1 Å². The third kappa shape index (κ3) is 3.30. The van der Waals surface area contributed by atoms with Gasteiger partial charge in [0.15, 0.2) is 0 Å². The maximum Gasteiger partial charge on any atom is 0.216 e. The van der Waals surface area contributed by atoms with E-state index in [-0.39, 0.29) is 11.9 Å². The normalized spacial score (nSPS) is 12.2. The second-order valence-corrected chi connectivity index (χ2v) is 4.91. The molecule has 3 N–H and O–H groups in total. The maximum atomic E-state index is 13.5. The van der Waals surface area contributed by atoms with E-state index >= 15 is 0 Å². The highest BCUT2D eigenvalue weighted by Crippen LogP contribution is 2.25. The molecule has 1 aromatic heterocycles. The third-order valence-electron chi connectivity index (χ3n) is 2.89. The van der Waals surface area contributed by atoms with Crippen LogP contribution >= 0.6 is 15.9 Å². The number of hydrogen-bond acceptors (Lipinski definition) is 5. The first-order chi connectivity index (χ1) is 9.65. The van der Waals surface area contributed by atoms with Gasteiger partial charge in [0.2, 0.25) is 5.88 Å². The van der Waals surface area contributed by atoms with Gasteiger partial charge in [-0.2, -0.15) is 0 Å². The molecule has 5 nitrogen and oxygen atoms in total. The molecule has 0 aliphatic carbocycles. The molecule has 7 heteroatoms. The summed E-state index contributed by atoms with van der Waals surface area (Å²) in [6.07, 6.45) is 1.88. The number of nitrogens with two attached hydrogens (primary N) is 1. The summed E-state index contributed by atoms with van der Waals surface area (Å²) in [5.74, 6) is 5.72. The number of nitrogens with zero attached hydrogens (tertiary/aromatic N) is 2. The average Bonchev–Trinajstić information content (AvgIpc) is 2.49. The summed E-state index contributed by atoms with van der Waals surface area (Å²) >= 11 is 3.24. The Kier molecular flexibility index (Phi) is 4.99. The molecule has 20 heavy (non-hydrogen) atoms. The minimum atomic E-state index is -0.307. The Labute approximate surface area is 124 Å². The van der Waals surface area contributed by atoms with Gasteiger partial charge in [0, 0.05) is 6.07 Å². The third-order valence-corrected chi connectivity index (χ3v) is 3.77. The summed E-state index contributed by atoms with van der Waals surface area (Å²) in [7, 11) is 1.53. The fraction of sp³-hybridized carbons (Fsp3) is 0.231. The molecule has 1 atom stereocenters. The van der Waals surface area contributed by atoms with Crippen LogP contribution in [0.25, 0.3) is 0 Å². The van der Waals surface area contributed by atoms with E-state index in [1.165, 1.54) is 19.5 Å². The van der Waals surface area contributed by atoms with Crippen LogP contribution in [-0.4, -0.2) is 17.1 Å². The fourth-order valence-electron chi connectivity index (χ4n) is 1.83. The van der Waals surface area contributed by atoms with E-state index in [1.54, 1.807) is 12.1 Å². The van der Waals surface area contributed by atoms with E-state index in [2.05, 4.69) is 31.3 Å². The predicted molar refractivity (Wildman–Crippen MR) is 76.5 cm³/mol. The van der Waals surface area contributed by atoms with Gasteiger partial charge < -0.3 is 4.74 Å². The van der Waals surface area contributed by atoms with Crippen molar-refractivity contribution in [2.45, 2.75) is 12.5 Å². The monoisotopic (exact) mass is 340 g/mol. The fourth-order valence-corrected chi connectivity index (χ4v) is 2.26. The highest BCUT2D eigenvalue weighted by molar-refractivity contribution is 9.10. The molecule has 0 aliphatic rings. The first kappa shape index (κ1) is 14.8. The van der Waals surface area contributed by atoms with Gasteiger partial charge in [-0.1, -0.05) is 12.1 Å². The van der Waals surface area contributed by atoms with Crippen LogP contribution < -0.4 is 16.0 Å². The molecule has 0 amide bonds. The summed E-state index contributed by atoms with van der Waals surface area (Å²) in [4.78, 5) is 8.11. The van der Waals surface area contributed by atoms with Gasteiger partial charge in [-0.05, 0) is 34.0 Å². The lowest BCUT2D eigenvalue weighted by molar-refractivity contribution is 0.393. The molecule has 0 bridgehead atoms. The van der Waals surface area contributed by atoms with Gasteiger partial charge in [-0.15, -0.1) is 0 Å². The van der Waals surface area contributed by atoms with Crippen LogP contribution in [0.5, 0.6) is 5.88 Å². The zero-order valence-corrected chi connectivity index (χ0v) is 12.4. The van der Waals surface area contributed by atoms with Crippen molar-refractivity contribution in [1.82, 2.24) is 15.4 Å². The first-order valence-corrected chi connectivity index (χ1v) is 6.70. The summed E-state index contributed by atoms with van der Waals surface area (Å²) in [5, 5.41) is 0. The Bertz CT molecular complexity index is 596. The van der Waals surface area contributed by atoms with Crippen LogP contribution in [0.3, 0.4) is 0 Å². The van der Waals surface area contributed by atoms with Crippen LogP contribution in [-0.2, 0) is 6.42 Å². The molecule has 0 saturated carbocycles. The smallest absolute Gasteiger partial charge is 0.216 e. The Morgan fingerprint density at radius 2 is 2.25 bits per heavy atom. The van der Waals surface area contributed by atoms with Crippen molar-refractivity contribution >= 4 is 15.9 Å². The lowest BCUT2D eigenvalue weighted by Crippen LogP contribution is -2.30. The molecule has 2 aromatic rings. The molecule has 1 unspecified atom stereocenters. The summed E-state index contributed by atoms with van der Waals surface area (Å²) in [5.41, 5.74) is 4.15. The number of aromatic nitrogens is 2. The molecule has 0 fully saturated rings. The van der Waals surface area contributed by atoms with E-state index in [9.17, 15) is 4.39 Å². The van der Waals surface area contributed by atoms with E-state index < -0.39 is 0 Å². The Balaban J connectivity index is 2.26. The number of hydrogen-bond donors (Lipinski definition) is 2. The van der Waals surface area contributed by atoms with Gasteiger partial charge in [0.1, 0.15) is 12.1 Å². The zero-order chi connectivity index (χ0) is 14.5. The highest BCUT2D eigenvalue weighted by atomic mass is 79.9. The summed E-state index contributed by atoms with van der Waals surface area (Å²) < 4.78 is 19.0. The van der Waals surface area contributed by atoms with Crippen molar-refractivity contribution < 1.29 is 9.13 Å². The molecular formula is C13H14BrFN4O. The topological polar surface area (TPSA) is 73.1 Å². The number of rotatable bonds is 5. The second-order valence-electron chi connectivity index (χ2n) is 4.12. The number of halogens is 2. The summed E-state index contributed by atoms with van der Waals surface area (Å²) in [6, 6.07) is 6.30. The van der Waals surface area contributed by atoms with Crippen LogP contribution in [0, 0.1) is 5.82 Å². The number of benzene rings is 1. The molecule has 1 aromatic carbocycles. The van der Waals surface area contributed by atoms with E-state index in [0.29, 0.717) is 22.5 Å². The number of nitrogens with one attached hydrogen (secondary N) is 1. The zero-order valence-electron chi connectivity index (χ0n) is 10.8. The van der Waals surface area contributed by atoms with Gasteiger partial charge in [0.05, 0.1) is 23.3 Å². The molecule has 106 valence electrons. The number of ether oxygens (including phenoxy) is 1. The first-order valence-electron chi connectivity index (χ1n) is 5.90. The van der Waals surface area contributed by atoms with Crippen molar-refractivity contribution in [3.63, 3.8) is 0 Å². The van der Waals surface area contributed by atoms with Crippen molar-refractivity contribution in [2.75, 3.05) is 7.11 Å². The van der Waals surface area contributed by atoms with Crippen LogP contribution in [0.2, 0.25) is 0 Å². The molecule has 2 rings (SSSR count). The van der Waals surface area contributed by atoms with E-state index in [4.69, 9.17) is 10.6 Å². The average molecular weight is 341 g/mol. The number of hydrazine groups is 1. The van der Waals surface area contributed by atoms with Gasteiger partial charge in [-0.25, -0.2) is 14.4 Å². The maximum absolute atomic E-state index is 13.5. The minimum absolute atomic E-state index is 0.273. The molecule has 1 heterocycles. The lowest BCUT2D eigenvalue weighted by atomic mass is 10.0. The molecular weight excluding hydrogens is 327 g/mol. The van der Waals surface area contributed by atoms with Crippen LogP contribution in [0.1, 0.15) is 17.3 Å². The van der Waals surface area contributed by atoms with Crippen molar-refractivity contribution in [2.24, 2.45) is 5.84 Å². The molecule has 0 aliphatic heterocycles. The number of methoxy groups -OCH3 is 1. The largest absolute Gasteiger partial charge is 0.481 e. The standard InChI is InChI=1S/C13H14BrFN4O/c1-20-12-6-10(17-7-18-12)11(19-16)5-8-3-2-4-9(15)13(8)14/h2-4,6-7,11,19H,5,16H2,1H3. The lowest BCUT2D eigenvalue weighted by Gasteiger charge is -2.16. The molecule has 0 radical (unpaired) electrons. The quantitative estimate of drug-likeness (QED) is 0.644. The minimum Gasteiger partial charge on any atom is -0.481 e. The van der Waals surface area contributed by atoms with Crippen LogP contribution in [0.4, 0.5) is 4.39 Å². The van der Waals surface area contributed by atoms with E-state index in [1.807, 2.05) is 6.07 Å². The SMILES string of the molecule is COc1cc(C(Cc2cccc(F)c2Br)NN)ncn1. The van der Waals surface area contributed by atoms with E-state index in [0.717, 1.165) is 5.56 Å². The Morgan fingerprint density at radius 1 is 1.45 bits per heavy atom. The Morgan fingerprint density at radius 3 is 2.95 bits per heavy atom.